The van der Waals surface area contributed by atoms with Gasteiger partial charge < -0.3 is 5.32 Å². The molecule has 4 aromatic rings. The fourth-order valence-electron chi connectivity index (χ4n) is 2.87. The highest BCUT2D eigenvalue weighted by molar-refractivity contribution is 6.34. The molecule has 0 saturated carbocycles. The van der Waals surface area contributed by atoms with E-state index in [2.05, 4.69) is 15.3 Å². The molecule has 6 heteroatoms. The van der Waals surface area contributed by atoms with E-state index in [-0.39, 0.29) is 5.91 Å². The minimum Gasteiger partial charge on any atom is -0.321 e. The Bertz CT molecular complexity index is 1160. The second-order valence-electron chi connectivity index (χ2n) is 6.49. The Morgan fingerprint density at radius 3 is 2.38 bits per heavy atom. The first kappa shape index (κ1) is 18.8. The summed E-state index contributed by atoms with van der Waals surface area (Å²) in [5, 5.41) is 3.30. The molecule has 0 radical (unpaired) electrons. The predicted octanol–water partition coefficient (Wildman–Crippen LogP) is 5.42. The molecule has 0 aliphatic carbocycles. The normalized spacial score (nSPS) is 10.6. The van der Waals surface area contributed by atoms with Crippen LogP contribution >= 0.6 is 11.6 Å². The molecule has 5 nitrogen and oxygen atoms in total. The molecule has 4 rings (SSSR count). The van der Waals surface area contributed by atoms with E-state index in [1.807, 2.05) is 49.4 Å². The number of nitrogens with zero attached hydrogens (tertiary/aromatic N) is 3. The SMILES string of the molecule is Cc1ccc(-c2ncc(C(=O)Nc3ccccc3Cl)c(-c3ccncc3)n2)cc1. The molecule has 0 fully saturated rings. The number of rotatable bonds is 4. The molecule has 29 heavy (non-hydrogen) atoms. The Hall–Kier alpha value is -3.57. The van der Waals surface area contributed by atoms with Crippen LogP contribution in [0.5, 0.6) is 0 Å². The highest BCUT2D eigenvalue weighted by Crippen LogP contribution is 2.27. The van der Waals surface area contributed by atoms with Crippen molar-refractivity contribution >= 4 is 23.2 Å². The fraction of sp³-hybridized carbons (Fsp3) is 0.0435. The molecule has 1 N–H and O–H groups in total. The van der Waals surface area contributed by atoms with Gasteiger partial charge in [0.1, 0.15) is 0 Å². The Labute approximate surface area is 173 Å². The maximum absolute atomic E-state index is 13.0. The Morgan fingerprint density at radius 2 is 1.66 bits per heavy atom. The summed E-state index contributed by atoms with van der Waals surface area (Å²) in [5.74, 6) is 0.214. The highest BCUT2D eigenvalue weighted by atomic mass is 35.5. The number of hydrogen-bond donors (Lipinski definition) is 1. The van der Waals surface area contributed by atoms with Gasteiger partial charge in [0.2, 0.25) is 0 Å². The van der Waals surface area contributed by atoms with E-state index < -0.39 is 0 Å². The van der Waals surface area contributed by atoms with E-state index >= 15 is 0 Å². The third-order valence-corrected chi connectivity index (χ3v) is 4.75. The number of carbonyl (C=O) groups excluding carboxylic acids is 1. The zero-order valence-electron chi connectivity index (χ0n) is 15.6. The summed E-state index contributed by atoms with van der Waals surface area (Å²) < 4.78 is 0. The highest BCUT2D eigenvalue weighted by Gasteiger charge is 2.18. The number of benzene rings is 2. The number of para-hydroxylation sites is 1. The van der Waals surface area contributed by atoms with Gasteiger partial charge in [-0.1, -0.05) is 53.6 Å². The monoisotopic (exact) mass is 400 g/mol. The fourth-order valence-corrected chi connectivity index (χ4v) is 3.05. The summed E-state index contributed by atoms with van der Waals surface area (Å²) in [6, 6.07) is 18.6. The predicted molar refractivity (Wildman–Crippen MR) is 115 cm³/mol. The third kappa shape index (κ3) is 4.15. The van der Waals surface area contributed by atoms with Gasteiger partial charge in [0.05, 0.1) is 22.0 Å². The van der Waals surface area contributed by atoms with Gasteiger partial charge in [0, 0.05) is 29.7 Å². The van der Waals surface area contributed by atoms with Crippen molar-refractivity contribution in [3.63, 3.8) is 0 Å². The van der Waals surface area contributed by atoms with Crippen molar-refractivity contribution in [1.82, 2.24) is 15.0 Å². The van der Waals surface area contributed by atoms with Crippen molar-refractivity contribution in [3.05, 3.63) is 95.4 Å². The quantitative estimate of drug-likeness (QED) is 0.496. The van der Waals surface area contributed by atoms with Crippen LogP contribution in [-0.4, -0.2) is 20.9 Å². The maximum Gasteiger partial charge on any atom is 0.259 e. The number of aryl methyl sites for hydroxylation is 1. The molecule has 0 saturated heterocycles. The molecule has 0 aliphatic heterocycles. The molecule has 0 aliphatic rings. The second-order valence-corrected chi connectivity index (χ2v) is 6.90. The lowest BCUT2D eigenvalue weighted by molar-refractivity contribution is 0.102. The third-order valence-electron chi connectivity index (χ3n) is 4.42. The smallest absolute Gasteiger partial charge is 0.259 e. The van der Waals surface area contributed by atoms with Gasteiger partial charge in [-0.15, -0.1) is 0 Å². The van der Waals surface area contributed by atoms with E-state index in [1.165, 1.54) is 0 Å². The van der Waals surface area contributed by atoms with Crippen LogP contribution in [0.4, 0.5) is 5.69 Å². The number of hydrogen-bond acceptors (Lipinski definition) is 4. The van der Waals surface area contributed by atoms with Gasteiger partial charge in [-0.2, -0.15) is 0 Å². The van der Waals surface area contributed by atoms with Crippen LogP contribution in [0.15, 0.2) is 79.3 Å². The molecular formula is C23H17ClN4O. The number of aromatic nitrogens is 3. The maximum atomic E-state index is 13.0. The summed E-state index contributed by atoms with van der Waals surface area (Å²) >= 11 is 6.18. The van der Waals surface area contributed by atoms with Crippen LogP contribution in [0.3, 0.4) is 0 Å². The van der Waals surface area contributed by atoms with Crippen molar-refractivity contribution in [2.75, 3.05) is 5.32 Å². The average molecular weight is 401 g/mol. The lowest BCUT2D eigenvalue weighted by Crippen LogP contribution is -2.15. The number of amides is 1. The second kappa shape index (κ2) is 8.20. The molecule has 2 aromatic carbocycles. The zero-order chi connectivity index (χ0) is 20.2. The van der Waals surface area contributed by atoms with Crippen molar-refractivity contribution in [2.45, 2.75) is 6.92 Å². The Kier molecular flexibility index (Phi) is 5.31. The van der Waals surface area contributed by atoms with Crippen LogP contribution in [0.2, 0.25) is 5.02 Å². The summed E-state index contributed by atoms with van der Waals surface area (Å²) in [5.41, 5.74) is 4.22. The van der Waals surface area contributed by atoms with Gasteiger partial charge in [0.15, 0.2) is 5.82 Å². The number of halogens is 1. The number of carbonyl (C=O) groups is 1. The van der Waals surface area contributed by atoms with E-state index in [0.717, 1.165) is 16.7 Å². The topological polar surface area (TPSA) is 67.8 Å². The Balaban J connectivity index is 1.78. The summed E-state index contributed by atoms with van der Waals surface area (Å²) in [6.45, 7) is 2.02. The van der Waals surface area contributed by atoms with Gasteiger partial charge in [0.25, 0.3) is 5.91 Å². The number of anilines is 1. The van der Waals surface area contributed by atoms with Gasteiger partial charge in [-0.3, -0.25) is 9.78 Å². The van der Waals surface area contributed by atoms with Crippen molar-refractivity contribution in [2.24, 2.45) is 0 Å². The molecule has 2 heterocycles. The van der Waals surface area contributed by atoms with Gasteiger partial charge in [-0.05, 0) is 31.2 Å². The zero-order valence-corrected chi connectivity index (χ0v) is 16.4. The number of nitrogens with one attached hydrogen (secondary N) is 1. The standard InChI is InChI=1S/C23H17ClN4O/c1-15-6-8-17(9-7-15)22-26-14-18(21(28-22)16-10-12-25-13-11-16)23(29)27-20-5-3-2-4-19(20)24/h2-14H,1H3,(H,27,29). The van der Waals surface area contributed by atoms with Crippen molar-refractivity contribution in [3.8, 4) is 22.6 Å². The van der Waals surface area contributed by atoms with Crippen LogP contribution < -0.4 is 5.32 Å². The van der Waals surface area contributed by atoms with Crippen LogP contribution in [0.1, 0.15) is 15.9 Å². The molecule has 0 atom stereocenters. The first-order valence-electron chi connectivity index (χ1n) is 9.02. The first-order chi connectivity index (χ1) is 14.1. The molecule has 1 amide bonds. The molecule has 2 aromatic heterocycles. The molecule has 0 bridgehead atoms. The largest absolute Gasteiger partial charge is 0.321 e. The lowest BCUT2D eigenvalue weighted by atomic mass is 10.1. The van der Waals surface area contributed by atoms with Crippen LogP contribution in [-0.2, 0) is 0 Å². The van der Waals surface area contributed by atoms with Crippen LogP contribution in [0, 0.1) is 6.92 Å². The van der Waals surface area contributed by atoms with E-state index in [9.17, 15) is 4.79 Å². The molecule has 0 spiro atoms. The lowest BCUT2D eigenvalue weighted by Gasteiger charge is -2.12. The first-order valence-corrected chi connectivity index (χ1v) is 9.40. The van der Waals surface area contributed by atoms with Crippen molar-refractivity contribution in [1.29, 1.82) is 0 Å². The summed E-state index contributed by atoms with van der Waals surface area (Å²) in [4.78, 5) is 26.2. The summed E-state index contributed by atoms with van der Waals surface area (Å²) in [7, 11) is 0. The van der Waals surface area contributed by atoms with Gasteiger partial charge >= 0.3 is 0 Å². The van der Waals surface area contributed by atoms with Gasteiger partial charge in [-0.25, -0.2) is 9.97 Å². The molecule has 142 valence electrons. The summed E-state index contributed by atoms with van der Waals surface area (Å²) in [6.07, 6.45) is 4.88. The number of pyridine rings is 1. The Morgan fingerprint density at radius 1 is 0.931 bits per heavy atom. The van der Waals surface area contributed by atoms with E-state index in [4.69, 9.17) is 16.6 Å². The molecule has 0 unspecified atom stereocenters. The van der Waals surface area contributed by atoms with Crippen LogP contribution in [0.25, 0.3) is 22.6 Å². The molecular weight excluding hydrogens is 384 g/mol. The average Bonchev–Trinajstić information content (AvgIpc) is 2.76. The van der Waals surface area contributed by atoms with E-state index in [0.29, 0.717) is 27.8 Å². The van der Waals surface area contributed by atoms with Crippen molar-refractivity contribution < 1.29 is 4.79 Å². The van der Waals surface area contributed by atoms with E-state index in [1.54, 1.807) is 36.8 Å². The minimum atomic E-state index is -0.333. The minimum absolute atomic E-state index is 0.333.